The first-order valence-electron chi connectivity index (χ1n) is 8.66. The first kappa shape index (κ1) is 17.5. The highest BCUT2D eigenvalue weighted by Gasteiger charge is 2.28. The van der Waals surface area contributed by atoms with Crippen LogP contribution in [-0.4, -0.2) is 62.5 Å². The minimum atomic E-state index is -0.0942. The average molecular weight is 381 g/mol. The maximum atomic E-state index is 13.1. The summed E-state index contributed by atoms with van der Waals surface area (Å²) < 4.78 is 7.14. The van der Waals surface area contributed by atoms with E-state index in [4.69, 9.17) is 4.74 Å². The SMILES string of the molecule is COc1ccccc1-n1nnc(C(=O)N2CCSCC2)c1-c1ccncc1. The van der Waals surface area contributed by atoms with Crippen LogP contribution in [0.5, 0.6) is 5.75 Å². The van der Waals surface area contributed by atoms with Gasteiger partial charge >= 0.3 is 0 Å². The van der Waals surface area contributed by atoms with Crippen molar-refractivity contribution in [3.05, 3.63) is 54.5 Å². The molecular weight excluding hydrogens is 362 g/mol. The summed E-state index contributed by atoms with van der Waals surface area (Å²) in [7, 11) is 1.61. The monoisotopic (exact) mass is 381 g/mol. The zero-order chi connectivity index (χ0) is 18.6. The second kappa shape index (κ2) is 7.79. The maximum absolute atomic E-state index is 13.1. The zero-order valence-electron chi connectivity index (χ0n) is 14.9. The van der Waals surface area contributed by atoms with Crippen LogP contribution in [0.15, 0.2) is 48.8 Å². The highest BCUT2D eigenvalue weighted by Crippen LogP contribution is 2.30. The summed E-state index contributed by atoms with van der Waals surface area (Å²) in [5.41, 5.74) is 2.55. The van der Waals surface area contributed by atoms with E-state index in [9.17, 15) is 4.79 Å². The molecule has 1 amide bonds. The fourth-order valence-corrected chi connectivity index (χ4v) is 3.99. The van der Waals surface area contributed by atoms with Crippen molar-refractivity contribution < 1.29 is 9.53 Å². The molecule has 1 aliphatic heterocycles. The molecule has 3 heterocycles. The van der Waals surface area contributed by atoms with Gasteiger partial charge in [-0.05, 0) is 24.3 Å². The Morgan fingerprint density at radius 3 is 2.59 bits per heavy atom. The van der Waals surface area contributed by atoms with Crippen molar-refractivity contribution in [2.24, 2.45) is 0 Å². The van der Waals surface area contributed by atoms with Gasteiger partial charge in [-0.2, -0.15) is 11.8 Å². The molecule has 0 saturated carbocycles. The van der Waals surface area contributed by atoms with Crippen molar-refractivity contribution in [1.82, 2.24) is 24.9 Å². The Bertz CT molecular complexity index is 938. The summed E-state index contributed by atoms with van der Waals surface area (Å²) in [6, 6.07) is 11.3. The van der Waals surface area contributed by atoms with Gasteiger partial charge in [-0.15, -0.1) is 5.10 Å². The predicted molar refractivity (Wildman–Crippen MR) is 104 cm³/mol. The van der Waals surface area contributed by atoms with Gasteiger partial charge in [0.05, 0.1) is 7.11 Å². The van der Waals surface area contributed by atoms with Crippen LogP contribution in [0.3, 0.4) is 0 Å². The number of aromatic nitrogens is 4. The number of nitrogens with zero attached hydrogens (tertiary/aromatic N) is 5. The van der Waals surface area contributed by atoms with Gasteiger partial charge in [0.2, 0.25) is 0 Å². The quantitative estimate of drug-likeness (QED) is 0.691. The molecule has 1 saturated heterocycles. The van der Waals surface area contributed by atoms with Crippen LogP contribution in [0.4, 0.5) is 0 Å². The van der Waals surface area contributed by atoms with Crippen molar-refractivity contribution in [1.29, 1.82) is 0 Å². The van der Waals surface area contributed by atoms with Crippen molar-refractivity contribution in [3.8, 4) is 22.7 Å². The minimum absolute atomic E-state index is 0.0942. The molecule has 2 aromatic heterocycles. The number of methoxy groups -OCH3 is 1. The van der Waals surface area contributed by atoms with Crippen LogP contribution in [0.2, 0.25) is 0 Å². The minimum Gasteiger partial charge on any atom is -0.494 e. The van der Waals surface area contributed by atoms with Gasteiger partial charge in [-0.1, -0.05) is 17.3 Å². The molecule has 4 rings (SSSR count). The first-order valence-corrected chi connectivity index (χ1v) is 9.81. The Balaban J connectivity index is 1.86. The second-order valence-corrected chi connectivity index (χ2v) is 7.24. The molecule has 7 nitrogen and oxygen atoms in total. The lowest BCUT2D eigenvalue weighted by atomic mass is 10.1. The Labute approximate surface area is 161 Å². The smallest absolute Gasteiger partial charge is 0.276 e. The van der Waals surface area contributed by atoms with Crippen molar-refractivity contribution in [3.63, 3.8) is 0 Å². The molecule has 3 aromatic rings. The lowest BCUT2D eigenvalue weighted by Crippen LogP contribution is -2.38. The van der Waals surface area contributed by atoms with Gasteiger partial charge in [0.1, 0.15) is 17.1 Å². The van der Waals surface area contributed by atoms with Crippen molar-refractivity contribution >= 4 is 17.7 Å². The number of para-hydroxylation sites is 2. The Kier molecular flexibility index (Phi) is 5.06. The molecule has 1 aliphatic rings. The van der Waals surface area contributed by atoms with E-state index < -0.39 is 0 Å². The second-order valence-electron chi connectivity index (χ2n) is 6.01. The molecular formula is C19H19N5O2S. The number of amides is 1. The zero-order valence-corrected chi connectivity index (χ0v) is 15.7. The van der Waals surface area contributed by atoms with Gasteiger partial charge < -0.3 is 9.64 Å². The maximum Gasteiger partial charge on any atom is 0.276 e. The molecule has 0 N–H and O–H groups in total. The van der Waals surface area contributed by atoms with Crippen LogP contribution in [0, 0.1) is 0 Å². The molecule has 1 fully saturated rings. The number of ether oxygens (including phenoxy) is 1. The van der Waals surface area contributed by atoms with Gasteiger partial charge in [0, 0.05) is 42.6 Å². The van der Waals surface area contributed by atoms with Crippen LogP contribution >= 0.6 is 11.8 Å². The number of hydrogen-bond donors (Lipinski definition) is 0. The lowest BCUT2D eigenvalue weighted by molar-refractivity contribution is 0.0767. The summed E-state index contributed by atoms with van der Waals surface area (Å²) in [4.78, 5) is 19.1. The molecule has 0 bridgehead atoms. The van der Waals surface area contributed by atoms with Gasteiger partial charge in [-0.3, -0.25) is 9.78 Å². The topological polar surface area (TPSA) is 73.1 Å². The Morgan fingerprint density at radius 2 is 1.85 bits per heavy atom. The van der Waals surface area contributed by atoms with E-state index in [-0.39, 0.29) is 5.91 Å². The van der Waals surface area contributed by atoms with Crippen LogP contribution in [-0.2, 0) is 0 Å². The average Bonchev–Trinajstić information content (AvgIpc) is 3.19. The summed E-state index contributed by atoms with van der Waals surface area (Å²) in [5, 5.41) is 8.56. The molecule has 0 unspecified atom stereocenters. The number of carbonyl (C=O) groups is 1. The molecule has 0 atom stereocenters. The fraction of sp³-hybridized carbons (Fsp3) is 0.263. The summed E-state index contributed by atoms with van der Waals surface area (Å²) in [6.07, 6.45) is 3.39. The molecule has 27 heavy (non-hydrogen) atoms. The largest absolute Gasteiger partial charge is 0.494 e. The number of thioether (sulfide) groups is 1. The van der Waals surface area contributed by atoms with Crippen LogP contribution < -0.4 is 4.74 Å². The van der Waals surface area contributed by atoms with Gasteiger partial charge in [0.15, 0.2) is 5.69 Å². The molecule has 0 spiro atoms. The van der Waals surface area contributed by atoms with Crippen LogP contribution in [0.1, 0.15) is 10.5 Å². The molecule has 138 valence electrons. The van der Waals surface area contributed by atoms with E-state index in [0.717, 1.165) is 35.8 Å². The van der Waals surface area contributed by atoms with Crippen molar-refractivity contribution in [2.45, 2.75) is 0 Å². The molecule has 0 aliphatic carbocycles. The number of pyridine rings is 1. The summed E-state index contributed by atoms with van der Waals surface area (Å²) >= 11 is 1.86. The summed E-state index contributed by atoms with van der Waals surface area (Å²) in [6.45, 7) is 1.45. The van der Waals surface area contributed by atoms with E-state index in [1.165, 1.54) is 0 Å². The Morgan fingerprint density at radius 1 is 1.11 bits per heavy atom. The predicted octanol–water partition coefficient (Wildman–Crippen LogP) is 2.53. The van der Waals surface area contributed by atoms with Gasteiger partial charge in [0.25, 0.3) is 5.91 Å². The number of benzene rings is 1. The Hall–Kier alpha value is -2.87. The number of hydrogen-bond acceptors (Lipinski definition) is 6. The highest BCUT2D eigenvalue weighted by atomic mass is 32.2. The normalized spacial score (nSPS) is 14.2. The van der Waals surface area contributed by atoms with E-state index in [1.807, 2.05) is 53.1 Å². The van der Waals surface area contributed by atoms with E-state index in [2.05, 4.69) is 15.3 Å². The third-order valence-electron chi connectivity index (χ3n) is 4.44. The van der Waals surface area contributed by atoms with E-state index in [1.54, 1.807) is 24.2 Å². The van der Waals surface area contributed by atoms with E-state index >= 15 is 0 Å². The van der Waals surface area contributed by atoms with Crippen molar-refractivity contribution in [2.75, 3.05) is 31.7 Å². The lowest BCUT2D eigenvalue weighted by Gasteiger charge is -2.25. The van der Waals surface area contributed by atoms with Crippen LogP contribution in [0.25, 0.3) is 16.9 Å². The standard InChI is InChI=1S/C19H19N5O2S/c1-26-16-5-3-2-4-15(16)24-18(14-6-8-20-9-7-14)17(21-22-24)19(25)23-10-12-27-13-11-23/h2-9H,10-13H2,1H3. The number of rotatable bonds is 4. The third-order valence-corrected chi connectivity index (χ3v) is 5.38. The first-order chi connectivity index (χ1) is 13.3. The molecule has 0 radical (unpaired) electrons. The summed E-state index contributed by atoms with van der Waals surface area (Å²) in [5.74, 6) is 2.45. The molecule has 1 aromatic carbocycles. The van der Waals surface area contributed by atoms with E-state index in [0.29, 0.717) is 17.1 Å². The third kappa shape index (κ3) is 3.40. The number of carbonyl (C=O) groups excluding carboxylic acids is 1. The van der Waals surface area contributed by atoms with Gasteiger partial charge in [-0.25, -0.2) is 4.68 Å². The molecule has 8 heteroatoms. The highest BCUT2D eigenvalue weighted by molar-refractivity contribution is 7.99. The fourth-order valence-electron chi connectivity index (χ4n) is 3.08.